The van der Waals surface area contributed by atoms with Crippen LogP contribution in [0.15, 0.2) is 58.2 Å². The van der Waals surface area contributed by atoms with Crippen LogP contribution < -0.4 is 21.6 Å². The number of nitrogens with zero attached hydrogens (tertiary/aromatic N) is 9. The highest BCUT2D eigenvalue weighted by Crippen LogP contribution is 2.38. The van der Waals surface area contributed by atoms with Crippen LogP contribution in [-0.4, -0.2) is 132 Å². The predicted molar refractivity (Wildman–Crippen MR) is 253 cm³/mol. The average Bonchev–Trinajstić information content (AvgIpc) is 3.76. The van der Waals surface area contributed by atoms with Crippen LogP contribution in [0.2, 0.25) is 0 Å². The standard InChI is InChI=1S/C49H60F2N12O7/c1-58(34-23-35(24-34)69-20-19-60-15-17-61(18-16-60)26-30-5-10-38-40(21-30)59(2)49(68)63(38)39-11-12-42(64)56-46(39)66)48(67)31-6-8-33(9-7-31)62-27-36(43(57-62)44(50)51)54-45(65)37-28-70-47(55-37)32-13-14-52-41(22-32)53-25-29-3-4-29/h5,10,13-14,21-22,27-29,31,33-35,39,44H,3-4,6-9,11-12,15-20,23-26H2,1-2H3,(H,52,53)(H,54,65)(H,56,64,66)/t31-,33-,34-,35-,39?. The fourth-order valence-electron chi connectivity index (χ4n) is 10.3. The number of fused-ring (bicyclic) bond motifs is 1. The zero-order valence-corrected chi connectivity index (χ0v) is 39.5. The molecule has 3 saturated carbocycles. The molecule has 2 aliphatic heterocycles. The van der Waals surface area contributed by atoms with Crippen molar-refractivity contribution in [3.8, 4) is 11.5 Å². The maximum absolute atomic E-state index is 14.2. The Balaban J connectivity index is 0.632. The molecule has 2 saturated heterocycles. The molecule has 70 heavy (non-hydrogen) atoms. The third kappa shape index (κ3) is 10.3. The van der Waals surface area contributed by atoms with Gasteiger partial charge in [-0.05, 0) is 93.5 Å². The Hall–Kier alpha value is -6.32. The van der Waals surface area contributed by atoms with Gasteiger partial charge in [-0.25, -0.2) is 23.5 Å². The molecular weight excluding hydrogens is 907 g/mol. The molecule has 372 valence electrons. The number of aromatic nitrogens is 6. The number of piperidine rings is 1. The highest BCUT2D eigenvalue weighted by atomic mass is 19.3. The summed E-state index contributed by atoms with van der Waals surface area (Å²) in [5, 5.41) is 12.4. The minimum Gasteiger partial charge on any atom is -0.444 e. The molecule has 4 aromatic heterocycles. The zero-order valence-electron chi connectivity index (χ0n) is 39.5. The molecule has 19 nitrogen and oxygen atoms in total. The fourth-order valence-corrected chi connectivity index (χ4v) is 10.3. The molecule has 3 N–H and O–H groups in total. The van der Waals surface area contributed by atoms with Crippen LogP contribution in [0.4, 0.5) is 20.3 Å². The van der Waals surface area contributed by atoms with Crippen molar-refractivity contribution in [3.05, 3.63) is 76.4 Å². The molecule has 10 rings (SSSR count). The highest BCUT2D eigenvalue weighted by Gasteiger charge is 2.39. The summed E-state index contributed by atoms with van der Waals surface area (Å²) in [7, 11) is 3.57. The Morgan fingerprint density at radius 3 is 2.49 bits per heavy atom. The van der Waals surface area contributed by atoms with Crippen molar-refractivity contribution in [2.24, 2.45) is 18.9 Å². The Morgan fingerprint density at radius 1 is 0.971 bits per heavy atom. The topological polar surface area (TPSA) is 207 Å². The number of imide groups is 1. The van der Waals surface area contributed by atoms with Gasteiger partial charge in [-0.15, -0.1) is 0 Å². The van der Waals surface area contributed by atoms with Crippen LogP contribution in [0.1, 0.15) is 104 Å². The van der Waals surface area contributed by atoms with Crippen molar-refractivity contribution in [2.75, 3.05) is 63.6 Å². The number of aryl methyl sites for hydroxylation is 1. The van der Waals surface area contributed by atoms with E-state index in [-0.39, 0.29) is 65.3 Å². The number of carbonyl (C=O) groups excluding carboxylic acids is 4. The van der Waals surface area contributed by atoms with Crippen LogP contribution in [0.25, 0.3) is 22.5 Å². The first-order chi connectivity index (χ1) is 33.8. The minimum absolute atomic E-state index is 0.0601. The number of carbonyl (C=O) groups is 4. The van der Waals surface area contributed by atoms with Gasteiger partial charge in [0.25, 0.3) is 12.3 Å². The molecule has 1 unspecified atom stereocenters. The minimum atomic E-state index is -2.92. The molecule has 6 heterocycles. The molecule has 5 aromatic rings. The van der Waals surface area contributed by atoms with Gasteiger partial charge in [-0.3, -0.25) is 48.1 Å². The maximum atomic E-state index is 14.2. The number of amides is 4. The van der Waals surface area contributed by atoms with Gasteiger partial charge in [0.15, 0.2) is 11.4 Å². The van der Waals surface area contributed by atoms with E-state index in [2.05, 4.69) is 40.8 Å². The zero-order chi connectivity index (χ0) is 48.6. The monoisotopic (exact) mass is 966 g/mol. The summed E-state index contributed by atoms with van der Waals surface area (Å²) in [5.74, 6) is 0.0151. The Labute approximate surface area is 402 Å². The van der Waals surface area contributed by atoms with Gasteiger partial charge in [0, 0.05) is 96.2 Å². The number of rotatable bonds is 17. The summed E-state index contributed by atoms with van der Waals surface area (Å²) < 4.78 is 44.8. The number of imidazole rings is 1. The molecule has 1 atom stereocenters. The molecule has 3 aliphatic carbocycles. The third-order valence-corrected chi connectivity index (χ3v) is 14.9. The molecule has 5 fully saturated rings. The van der Waals surface area contributed by atoms with Crippen LogP contribution in [0.5, 0.6) is 0 Å². The van der Waals surface area contributed by atoms with E-state index in [1.165, 1.54) is 34.6 Å². The van der Waals surface area contributed by atoms with Crippen molar-refractivity contribution in [1.82, 2.24) is 48.9 Å². The molecule has 1 aromatic carbocycles. The van der Waals surface area contributed by atoms with Crippen molar-refractivity contribution in [1.29, 1.82) is 0 Å². The predicted octanol–water partition coefficient (Wildman–Crippen LogP) is 5.13. The number of pyridine rings is 1. The second kappa shape index (κ2) is 20.2. The summed E-state index contributed by atoms with van der Waals surface area (Å²) in [5.41, 5.74) is 2.19. The number of alkyl halides is 2. The van der Waals surface area contributed by atoms with Gasteiger partial charge in [-0.1, -0.05) is 6.07 Å². The third-order valence-electron chi connectivity index (χ3n) is 14.9. The van der Waals surface area contributed by atoms with Crippen LogP contribution >= 0.6 is 0 Å². The van der Waals surface area contributed by atoms with Gasteiger partial charge < -0.3 is 24.7 Å². The fraction of sp³-hybridized carbons (Fsp3) is 0.551. The number of oxazole rings is 1. The summed E-state index contributed by atoms with van der Waals surface area (Å²) in [6.45, 7) is 6.63. The van der Waals surface area contributed by atoms with E-state index < -0.39 is 30.0 Å². The summed E-state index contributed by atoms with van der Waals surface area (Å²) in [6, 6.07) is 8.64. The number of hydrogen-bond acceptors (Lipinski definition) is 13. The van der Waals surface area contributed by atoms with Gasteiger partial charge in [0.1, 0.15) is 18.1 Å². The van der Waals surface area contributed by atoms with E-state index >= 15 is 0 Å². The number of halogens is 2. The Morgan fingerprint density at radius 2 is 1.74 bits per heavy atom. The number of hydrogen-bond donors (Lipinski definition) is 3. The Kier molecular flexibility index (Phi) is 13.7. The largest absolute Gasteiger partial charge is 0.444 e. The van der Waals surface area contributed by atoms with Gasteiger partial charge in [-0.2, -0.15) is 5.10 Å². The SMILES string of the molecule is Cn1c(=O)n(C2CCC(=O)NC2=O)c2ccc(CN3CCN(CCO[C@H]4C[C@H](N(C)C(=O)[C@H]5CC[C@H](n6cc(NC(=O)c7coc(-c8ccnc(NCC9CC9)c8)n7)c(C(F)F)n6)CC5)C4)CC3)cc21. The van der Waals surface area contributed by atoms with Crippen LogP contribution in [0.3, 0.4) is 0 Å². The second-order valence-corrected chi connectivity index (χ2v) is 19.6. The first kappa shape index (κ1) is 47.4. The lowest BCUT2D eigenvalue weighted by Crippen LogP contribution is -2.51. The number of piperazine rings is 1. The van der Waals surface area contributed by atoms with Crippen LogP contribution in [0, 0.1) is 11.8 Å². The van der Waals surface area contributed by atoms with Gasteiger partial charge in [0.05, 0.1) is 35.5 Å². The smallest absolute Gasteiger partial charge is 0.329 e. The average molecular weight is 967 g/mol. The van der Waals surface area contributed by atoms with E-state index in [0.717, 1.165) is 69.7 Å². The van der Waals surface area contributed by atoms with E-state index in [1.807, 2.05) is 30.1 Å². The molecular formula is C49H60F2N12O7. The van der Waals surface area contributed by atoms with E-state index in [4.69, 9.17) is 9.15 Å². The van der Waals surface area contributed by atoms with Gasteiger partial charge >= 0.3 is 5.69 Å². The van der Waals surface area contributed by atoms with Crippen molar-refractivity contribution in [3.63, 3.8) is 0 Å². The van der Waals surface area contributed by atoms with Crippen molar-refractivity contribution in [2.45, 2.75) is 101 Å². The van der Waals surface area contributed by atoms with E-state index in [9.17, 15) is 32.8 Å². The lowest BCUT2D eigenvalue weighted by atomic mass is 9.83. The second-order valence-electron chi connectivity index (χ2n) is 19.6. The molecule has 0 spiro atoms. The normalized spacial score (nSPS) is 23.4. The summed E-state index contributed by atoms with van der Waals surface area (Å²) in [4.78, 5) is 79.6. The molecule has 0 bridgehead atoms. The Bertz CT molecular complexity index is 2800. The lowest BCUT2D eigenvalue weighted by molar-refractivity contribution is -0.143. The molecule has 21 heteroatoms. The van der Waals surface area contributed by atoms with E-state index in [1.54, 1.807) is 29.9 Å². The first-order valence-corrected chi connectivity index (χ1v) is 24.6. The summed E-state index contributed by atoms with van der Waals surface area (Å²) >= 11 is 0. The molecule has 4 amide bonds. The first-order valence-electron chi connectivity index (χ1n) is 24.6. The number of ether oxygens (including phenoxy) is 1. The lowest BCUT2D eigenvalue weighted by Gasteiger charge is -2.43. The van der Waals surface area contributed by atoms with Crippen molar-refractivity contribution >= 4 is 46.2 Å². The maximum Gasteiger partial charge on any atom is 0.329 e. The van der Waals surface area contributed by atoms with Gasteiger partial charge in [0.2, 0.25) is 23.6 Å². The van der Waals surface area contributed by atoms with E-state index in [0.29, 0.717) is 61.5 Å². The van der Waals surface area contributed by atoms with Crippen molar-refractivity contribution < 1.29 is 37.1 Å². The number of nitrogens with one attached hydrogen (secondary N) is 3. The molecule has 0 radical (unpaired) electrons. The number of anilines is 2. The molecule has 5 aliphatic rings. The quantitative estimate of drug-likeness (QED) is 0.104. The number of benzene rings is 1. The summed E-state index contributed by atoms with van der Waals surface area (Å²) in [6.07, 6.45) is 8.30. The highest BCUT2D eigenvalue weighted by molar-refractivity contribution is 6.03. The van der Waals surface area contributed by atoms with Crippen LogP contribution in [-0.2, 0) is 32.7 Å².